The van der Waals surface area contributed by atoms with Gasteiger partial charge in [-0.2, -0.15) is 13.2 Å². The summed E-state index contributed by atoms with van der Waals surface area (Å²) in [6.45, 7) is 14.1. The van der Waals surface area contributed by atoms with Crippen LogP contribution in [-0.2, 0) is 39.4 Å². The molecule has 2 fully saturated rings. The highest BCUT2D eigenvalue weighted by molar-refractivity contribution is 7.10. The van der Waals surface area contributed by atoms with Crippen molar-refractivity contribution in [3.63, 3.8) is 0 Å². The molecule has 46 heavy (non-hydrogen) atoms. The predicted molar refractivity (Wildman–Crippen MR) is 182 cm³/mol. The van der Waals surface area contributed by atoms with Gasteiger partial charge in [0.2, 0.25) is 0 Å². The first kappa shape index (κ1) is 38.3. The zero-order chi connectivity index (χ0) is 33.2. The molecule has 0 aliphatic carbocycles. The van der Waals surface area contributed by atoms with Crippen LogP contribution in [0.5, 0.6) is 0 Å². The topological polar surface area (TPSA) is 88.1 Å². The lowest BCUT2D eigenvalue weighted by Crippen LogP contribution is -2.37. The first-order valence-corrected chi connectivity index (χ1v) is 17.2. The molecule has 0 bridgehead atoms. The van der Waals surface area contributed by atoms with E-state index in [0.29, 0.717) is 19.4 Å². The van der Waals surface area contributed by atoms with Crippen LogP contribution in [0.1, 0.15) is 94.2 Å². The van der Waals surface area contributed by atoms with Crippen molar-refractivity contribution in [1.82, 2.24) is 20.3 Å². The van der Waals surface area contributed by atoms with Crippen molar-refractivity contribution in [1.29, 1.82) is 0 Å². The monoisotopic (exact) mass is 719 g/mol. The molecule has 1 N–H and O–H groups in total. The van der Waals surface area contributed by atoms with Gasteiger partial charge in [0, 0.05) is 34.3 Å². The van der Waals surface area contributed by atoms with Crippen molar-refractivity contribution >= 4 is 64.1 Å². The van der Waals surface area contributed by atoms with E-state index in [1.54, 1.807) is 16.2 Å². The SMILES string of the molecule is CC(C)(C)c1csc(CC(=O)[C@@H]2CCCN2)n1.CC(C)(C)c1csc(CC(=O)[C@@H]2CCCN2c2ncc(C(F)(F)F)cc2Cl)n1.Cl. The normalized spacial score (nSPS) is 18.6. The fourth-order valence-corrected chi connectivity index (χ4v) is 7.46. The smallest absolute Gasteiger partial charge is 0.345 e. The predicted octanol–water partition coefficient (Wildman–Crippen LogP) is 8.01. The van der Waals surface area contributed by atoms with Crippen LogP contribution in [0.25, 0.3) is 0 Å². The van der Waals surface area contributed by atoms with Gasteiger partial charge >= 0.3 is 6.18 Å². The molecule has 0 amide bonds. The Balaban J connectivity index is 0.000000274. The van der Waals surface area contributed by atoms with E-state index in [1.807, 2.05) is 5.38 Å². The van der Waals surface area contributed by atoms with Crippen molar-refractivity contribution in [2.45, 2.75) is 109 Å². The number of aromatic nitrogens is 3. The molecular formula is C32H42Cl2F3N5O2S2. The number of alkyl halides is 3. The minimum absolute atomic E-state index is 0. The van der Waals surface area contributed by atoms with Gasteiger partial charge in [0.15, 0.2) is 11.6 Å². The highest BCUT2D eigenvalue weighted by atomic mass is 35.5. The van der Waals surface area contributed by atoms with E-state index < -0.39 is 17.8 Å². The summed E-state index contributed by atoms with van der Waals surface area (Å²) in [6.07, 6.45) is 0.398. The summed E-state index contributed by atoms with van der Waals surface area (Å²) in [5, 5.41) is 8.87. The molecule has 2 aliphatic heterocycles. The highest BCUT2D eigenvalue weighted by Crippen LogP contribution is 2.36. The lowest BCUT2D eigenvalue weighted by Gasteiger charge is -2.25. The molecular weight excluding hydrogens is 678 g/mol. The van der Waals surface area contributed by atoms with E-state index in [4.69, 9.17) is 11.6 Å². The van der Waals surface area contributed by atoms with E-state index in [2.05, 4.69) is 67.2 Å². The van der Waals surface area contributed by atoms with Crippen LogP contribution in [-0.4, -0.2) is 51.7 Å². The Bertz CT molecular complexity index is 1490. The third kappa shape index (κ3) is 9.95. The van der Waals surface area contributed by atoms with Crippen molar-refractivity contribution in [3.05, 3.63) is 55.0 Å². The van der Waals surface area contributed by atoms with Gasteiger partial charge in [-0.05, 0) is 38.3 Å². The maximum atomic E-state index is 12.9. The minimum Gasteiger partial charge on any atom is -0.345 e. The number of Topliss-reactive ketones (excluding diaryl/α,β-unsaturated/α-hetero) is 2. The molecule has 2 saturated heterocycles. The molecule has 0 saturated carbocycles. The number of nitrogens with one attached hydrogen (secondary N) is 1. The standard InChI is InChI=1S/C19H21ClF3N3OS.C13H20N2OS.ClH/c1-18(2,3)15-10-28-16(25-15)8-14(27)13-5-4-6-26(13)17-12(20)7-11(9-24-17)19(21,22)23;1-13(2,3)11-8-17-12(15-11)7-10(16)9-5-4-6-14-9;/h7,9-10,13H,4-6,8H2,1-3H3;8-9,14H,4-7H2,1-3H3;1H/t13-;9-;/m00./s1. The Morgan fingerprint density at radius 1 is 0.935 bits per heavy atom. The Kier molecular flexibility index (Phi) is 12.8. The number of thiazole rings is 2. The van der Waals surface area contributed by atoms with Gasteiger partial charge in [-0.15, -0.1) is 35.1 Å². The number of carbonyl (C=O) groups excluding carboxylic acids is 2. The average molecular weight is 721 g/mol. The molecule has 7 nitrogen and oxygen atoms in total. The second-order valence-electron chi connectivity index (χ2n) is 13.6. The summed E-state index contributed by atoms with van der Waals surface area (Å²) in [5.41, 5.74) is 1.11. The summed E-state index contributed by atoms with van der Waals surface area (Å²) < 4.78 is 38.5. The van der Waals surface area contributed by atoms with Crippen molar-refractivity contribution in [3.8, 4) is 0 Å². The maximum Gasteiger partial charge on any atom is 0.417 e. The van der Waals surface area contributed by atoms with Crippen molar-refractivity contribution in [2.24, 2.45) is 0 Å². The molecule has 5 rings (SSSR count). The summed E-state index contributed by atoms with van der Waals surface area (Å²) >= 11 is 9.13. The molecule has 2 atom stereocenters. The quantitative estimate of drug-likeness (QED) is 0.265. The number of halogens is 5. The molecule has 2 aliphatic rings. The lowest BCUT2D eigenvalue weighted by molar-refractivity contribution is -0.137. The molecule has 0 aromatic carbocycles. The van der Waals surface area contributed by atoms with Gasteiger partial charge in [0.05, 0.1) is 46.9 Å². The molecule has 14 heteroatoms. The third-order valence-corrected chi connectivity index (χ3v) is 9.76. The van der Waals surface area contributed by atoms with Crippen LogP contribution in [0, 0.1) is 0 Å². The van der Waals surface area contributed by atoms with E-state index in [1.165, 1.54) is 11.3 Å². The number of anilines is 1. The van der Waals surface area contributed by atoms with Crippen LogP contribution in [0.3, 0.4) is 0 Å². The van der Waals surface area contributed by atoms with Crippen LogP contribution in [0.15, 0.2) is 23.0 Å². The summed E-state index contributed by atoms with van der Waals surface area (Å²) in [5.74, 6) is 0.488. The molecule has 3 aromatic rings. The van der Waals surface area contributed by atoms with Crippen LogP contribution in [0.4, 0.5) is 19.0 Å². The van der Waals surface area contributed by atoms with E-state index in [-0.39, 0.29) is 58.1 Å². The van der Waals surface area contributed by atoms with Crippen LogP contribution >= 0.6 is 46.7 Å². The fourth-order valence-electron chi connectivity index (χ4n) is 5.12. The Morgan fingerprint density at radius 2 is 1.50 bits per heavy atom. The number of carbonyl (C=O) groups is 2. The van der Waals surface area contributed by atoms with E-state index >= 15 is 0 Å². The van der Waals surface area contributed by atoms with E-state index in [9.17, 15) is 22.8 Å². The van der Waals surface area contributed by atoms with Crippen LogP contribution < -0.4 is 10.2 Å². The van der Waals surface area contributed by atoms with E-state index in [0.717, 1.165) is 59.5 Å². The number of hydrogen-bond acceptors (Lipinski definition) is 9. The van der Waals surface area contributed by atoms with Crippen molar-refractivity contribution in [2.75, 3.05) is 18.0 Å². The zero-order valence-corrected chi connectivity index (χ0v) is 30.2. The number of rotatable bonds is 7. The lowest BCUT2D eigenvalue weighted by atomic mass is 9.93. The van der Waals surface area contributed by atoms with Crippen molar-refractivity contribution < 1.29 is 22.8 Å². The second kappa shape index (κ2) is 15.4. The van der Waals surface area contributed by atoms with Gasteiger partial charge in [0.1, 0.15) is 15.8 Å². The number of ketones is 2. The number of hydrogen-bond donors (Lipinski definition) is 1. The number of nitrogens with zero attached hydrogens (tertiary/aromatic N) is 4. The number of pyridine rings is 1. The Hall–Kier alpha value is -2.12. The van der Waals surface area contributed by atoms with Gasteiger partial charge in [0.25, 0.3) is 0 Å². The third-order valence-electron chi connectivity index (χ3n) is 7.79. The summed E-state index contributed by atoms with van der Waals surface area (Å²) in [4.78, 5) is 39.6. The Labute approximate surface area is 288 Å². The molecule has 0 unspecified atom stereocenters. The summed E-state index contributed by atoms with van der Waals surface area (Å²) in [7, 11) is 0. The molecule has 0 radical (unpaired) electrons. The summed E-state index contributed by atoms with van der Waals surface area (Å²) in [6, 6.07) is 0.473. The minimum atomic E-state index is -4.51. The Morgan fingerprint density at radius 3 is 1.96 bits per heavy atom. The maximum absolute atomic E-state index is 12.9. The molecule has 254 valence electrons. The molecule has 3 aromatic heterocycles. The first-order chi connectivity index (χ1) is 20.9. The molecule has 5 heterocycles. The van der Waals surface area contributed by atoms with Gasteiger partial charge in [-0.25, -0.2) is 15.0 Å². The largest absolute Gasteiger partial charge is 0.417 e. The average Bonchev–Trinajstić information content (AvgIpc) is 3.75. The van der Waals surface area contributed by atoms with Gasteiger partial charge in [-0.1, -0.05) is 53.1 Å². The zero-order valence-electron chi connectivity index (χ0n) is 27.0. The first-order valence-electron chi connectivity index (χ1n) is 15.1. The van der Waals surface area contributed by atoms with Crippen LogP contribution in [0.2, 0.25) is 5.02 Å². The highest BCUT2D eigenvalue weighted by Gasteiger charge is 2.36. The fraction of sp³-hybridized carbons (Fsp3) is 0.594. The molecule has 0 spiro atoms. The second-order valence-corrected chi connectivity index (χ2v) is 15.9. The van der Waals surface area contributed by atoms with Gasteiger partial charge < -0.3 is 10.2 Å². The van der Waals surface area contributed by atoms with Gasteiger partial charge in [-0.3, -0.25) is 9.59 Å².